The number of hydrogen-bond acceptors (Lipinski definition) is 1. The summed E-state index contributed by atoms with van der Waals surface area (Å²) >= 11 is 12.5. The van der Waals surface area contributed by atoms with Crippen LogP contribution in [0, 0.1) is 0 Å². The molecule has 0 amide bonds. The average Bonchev–Trinajstić information content (AvgIpc) is 1.84. The van der Waals surface area contributed by atoms with Gasteiger partial charge in [-0.15, -0.1) is 0 Å². The van der Waals surface area contributed by atoms with Crippen molar-refractivity contribution in [3.05, 3.63) is 0 Å². The van der Waals surface area contributed by atoms with Crippen LogP contribution in [-0.2, 0) is 4.79 Å². The van der Waals surface area contributed by atoms with Gasteiger partial charge in [-0.05, 0) is 18.5 Å². The van der Waals surface area contributed by atoms with Crippen LogP contribution in [0.15, 0.2) is 0 Å². The van der Waals surface area contributed by atoms with Crippen molar-refractivity contribution in [2.24, 2.45) is 0 Å². The zero-order valence-electron chi connectivity index (χ0n) is 6.88. The lowest BCUT2D eigenvalue weighted by molar-refractivity contribution is -0.116. The Morgan fingerprint density at radius 1 is 1.23 bits per heavy atom. The largest absolute Gasteiger partial charge is 0.383 e. The fraction of sp³-hybridized carbons (Fsp3) is 0.833. The van der Waals surface area contributed by atoms with Crippen LogP contribution in [0.25, 0.3) is 0 Å². The highest BCUT2D eigenvalue weighted by Crippen LogP contribution is 2.42. The fourth-order valence-corrected chi connectivity index (χ4v) is 0. The fourth-order valence-electron chi connectivity index (χ4n) is 0. The van der Waals surface area contributed by atoms with Gasteiger partial charge in [0.2, 0.25) is 0 Å². The summed E-state index contributed by atoms with van der Waals surface area (Å²) in [6, 6.07) is 0. The second kappa shape index (κ2) is 5.94. The van der Waals surface area contributed by atoms with E-state index in [2.05, 4.69) is 34.8 Å². The van der Waals surface area contributed by atoms with Gasteiger partial charge < -0.3 is 4.79 Å². The van der Waals surface area contributed by atoms with Gasteiger partial charge in [-0.1, -0.05) is 30.1 Å². The normalized spacial score (nSPS) is 11.7. The summed E-state index contributed by atoms with van der Waals surface area (Å²) in [6.45, 7) is 3.43. The van der Waals surface area contributed by atoms with Crippen molar-refractivity contribution in [2.45, 2.75) is 30.2 Å². The van der Waals surface area contributed by atoms with E-state index in [0.29, 0.717) is 6.42 Å². The molecule has 0 rings (SSSR count). The van der Waals surface area contributed by atoms with E-state index in [4.69, 9.17) is 0 Å². The summed E-state index contributed by atoms with van der Waals surface area (Å²) in [4.78, 5) is 9.81. The molecule has 0 fully saturated rings. The summed E-state index contributed by atoms with van der Waals surface area (Å²) in [6.07, 6.45) is 0.667. The maximum atomic E-state index is 11.5. The number of carbonyl (C=O) groups excluding carboxylic acids is 1. The summed E-state index contributed by atoms with van der Waals surface area (Å²) in [7, 11) is 0. The van der Waals surface area contributed by atoms with Crippen LogP contribution >= 0.6 is 34.8 Å². The predicted octanol–water partition coefficient (Wildman–Crippen LogP) is 3.90. The molecule has 80 valence electrons. The van der Waals surface area contributed by atoms with Gasteiger partial charge in [-0.3, -0.25) is 0 Å². The van der Waals surface area contributed by atoms with Gasteiger partial charge in [-0.25, -0.2) is 0 Å². The van der Waals surface area contributed by atoms with Crippen LogP contribution in [0.1, 0.15) is 20.3 Å². The number of Topliss-reactive ketones (excluding diaryl/α,β-unsaturated/α-hetero) is 1. The lowest BCUT2D eigenvalue weighted by Gasteiger charge is -2.13. The van der Waals surface area contributed by atoms with Gasteiger partial charge in [0.1, 0.15) is 5.78 Å². The van der Waals surface area contributed by atoms with E-state index >= 15 is 0 Å². The number of halogens is 6. The smallest absolute Gasteiger partial charge is 0.300 e. The minimum absolute atomic E-state index is 0.255. The van der Waals surface area contributed by atoms with Gasteiger partial charge >= 0.3 is 9.97 Å². The summed E-state index contributed by atoms with van der Waals surface area (Å²) in [5, 5.41) is -4.23. The molecule has 0 N–H and O–H groups in total. The Labute approximate surface area is 89.1 Å². The standard InChI is InChI=1S/C4H8O.C2Cl3F3/c1-3-4(2)5;3-1(4,6)2(5,7)8/h3H2,1-2H3;. The molecule has 0 aliphatic heterocycles. The maximum Gasteiger partial charge on any atom is 0.383 e. The Kier molecular flexibility index (Phi) is 7.21. The number of hydrogen-bond donors (Lipinski definition) is 0. The maximum absolute atomic E-state index is 11.5. The van der Waals surface area contributed by atoms with Crippen molar-refractivity contribution in [3.63, 3.8) is 0 Å². The topological polar surface area (TPSA) is 17.1 Å². The molecule has 1 nitrogen and oxygen atoms in total. The molecular weight excluding hydrogens is 251 g/mol. The van der Waals surface area contributed by atoms with E-state index in [0.717, 1.165) is 0 Å². The number of rotatable bonds is 2. The molecule has 0 bridgehead atoms. The molecule has 0 spiro atoms. The Morgan fingerprint density at radius 3 is 1.38 bits per heavy atom. The van der Waals surface area contributed by atoms with Crippen LogP contribution in [0.3, 0.4) is 0 Å². The van der Waals surface area contributed by atoms with Gasteiger partial charge in [0.15, 0.2) is 0 Å². The first kappa shape index (κ1) is 15.8. The van der Waals surface area contributed by atoms with Crippen LogP contribution in [0.4, 0.5) is 13.2 Å². The SMILES string of the molecule is CCC(C)=O.FC(F)(Cl)C(F)(Cl)Cl. The molecule has 0 heterocycles. The minimum Gasteiger partial charge on any atom is -0.300 e. The monoisotopic (exact) mass is 258 g/mol. The quantitative estimate of drug-likeness (QED) is 0.687. The minimum atomic E-state index is -4.23. The third-order valence-corrected chi connectivity index (χ3v) is 1.75. The zero-order chi connectivity index (χ0) is 11.3. The highest BCUT2D eigenvalue weighted by molar-refractivity contribution is 6.51. The van der Waals surface area contributed by atoms with Crippen molar-refractivity contribution < 1.29 is 18.0 Å². The number of carbonyl (C=O) groups is 1. The number of ketones is 1. The Hall–Kier alpha value is 0.330. The second-order valence-corrected chi connectivity index (χ2v) is 3.76. The van der Waals surface area contributed by atoms with E-state index in [1.54, 1.807) is 6.92 Å². The van der Waals surface area contributed by atoms with Gasteiger partial charge in [-0.2, -0.15) is 13.2 Å². The van der Waals surface area contributed by atoms with Crippen molar-refractivity contribution in [3.8, 4) is 0 Å². The third kappa shape index (κ3) is 10.2. The Balaban J connectivity index is 0. The van der Waals surface area contributed by atoms with E-state index < -0.39 is 9.97 Å². The number of alkyl halides is 6. The van der Waals surface area contributed by atoms with Crippen LogP contribution in [0.5, 0.6) is 0 Å². The summed E-state index contributed by atoms with van der Waals surface area (Å²) in [5.74, 6) is 0.255. The van der Waals surface area contributed by atoms with Gasteiger partial charge in [0, 0.05) is 6.42 Å². The van der Waals surface area contributed by atoms with E-state index in [-0.39, 0.29) is 5.78 Å². The summed E-state index contributed by atoms with van der Waals surface area (Å²) < 4.78 is 30.6. The molecule has 7 heteroatoms. The van der Waals surface area contributed by atoms with Crippen LogP contribution in [-0.4, -0.2) is 15.8 Å². The predicted molar refractivity (Wildman–Crippen MR) is 47.3 cm³/mol. The molecule has 0 aliphatic rings. The van der Waals surface area contributed by atoms with Crippen molar-refractivity contribution in [2.75, 3.05) is 0 Å². The van der Waals surface area contributed by atoms with Crippen LogP contribution < -0.4 is 0 Å². The second-order valence-electron chi connectivity index (χ2n) is 2.05. The first-order valence-electron chi connectivity index (χ1n) is 3.15. The molecule has 0 aromatic rings. The van der Waals surface area contributed by atoms with Crippen molar-refractivity contribution in [1.82, 2.24) is 0 Å². The molecule has 0 aromatic carbocycles. The Bertz CT molecular complexity index is 149. The van der Waals surface area contributed by atoms with Gasteiger partial charge in [0.25, 0.3) is 0 Å². The molecular formula is C6H8Cl3F3O. The van der Waals surface area contributed by atoms with E-state index in [1.165, 1.54) is 0 Å². The molecule has 0 aliphatic carbocycles. The molecule has 0 aromatic heterocycles. The third-order valence-electron chi connectivity index (χ3n) is 0.819. The van der Waals surface area contributed by atoms with E-state index in [9.17, 15) is 18.0 Å². The van der Waals surface area contributed by atoms with Crippen molar-refractivity contribution >= 4 is 40.6 Å². The van der Waals surface area contributed by atoms with E-state index in [1.807, 2.05) is 6.92 Å². The van der Waals surface area contributed by atoms with Gasteiger partial charge in [0.05, 0.1) is 0 Å². The van der Waals surface area contributed by atoms with Crippen molar-refractivity contribution in [1.29, 1.82) is 0 Å². The lowest BCUT2D eigenvalue weighted by Crippen LogP contribution is -2.27. The molecule has 0 unspecified atom stereocenters. The average molecular weight is 259 g/mol. The molecule has 0 atom stereocenters. The summed E-state index contributed by atoms with van der Waals surface area (Å²) in [5.41, 5.74) is 0. The molecule has 0 saturated carbocycles. The first-order chi connectivity index (χ1) is 5.52. The highest BCUT2D eigenvalue weighted by Gasteiger charge is 2.51. The lowest BCUT2D eigenvalue weighted by atomic mass is 10.4. The first-order valence-corrected chi connectivity index (χ1v) is 4.28. The van der Waals surface area contributed by atoms with Crippen LogP contribution in [0.2, 0.25) is 0 Å². The molecule has 0 saturated heterocycles. The zero-order valence-corrected chi connectivity index (χ0v) is 9.15. The highest BCUT2D eigenvalue weighted by atomic mass is 35.5. The Morgan fingerprint density at radius 2 is 1.38 bits per heavy atom. The molecule has 13 heavy (non-hydrogen) atoms. The molecule has 0 radical (unpaired) electrons.